The fourth-order valence-electron chi connectivity index (χ4n) is 4.42. The van der Waals surface area contributed by atoms with E-state index in [2.05, 4.69) is 17.6 Å². The molecule has 1 amide bonds. The number of benzene rings is 2. The van der Waals surface area contributed by atoms with Crippen LogP contribution in [-0.4, -0.2) is 22.9 Å². The minimum atomic E-state index is -0.472. The number of nitro benzene ring substituents is 1. The molecule has 3 rings (SSSR count). The highest BCUT2D eigenvalue weighted by atomic mass is 35.5. The van der Waals surface area contributed by atoms with E-state index in [-0.39, 0.29) is 35.2 Å². The molecule has 0 radical (unpaired) electrons. The van der Waals surface area contributed by atoms with Crippen molar-refractivity contribution in [3.63, 3.8) is 0 Å². The lowest BCUT2D eigenvalue weighted by Gasteiger charge is -2.27. The Kier molecular flexibility index (Phi) is 7.13. The highest BCUT2D eigenvalue weighted by Crippen LogP contribution is 2.38. The van der Waals surface area contributed by atoms with Gasteiger partial charge in [-0.05, 0) is 67.5 Å². The zero-order valence-electron chi connectivity index (χ0n) is 17.5. The van der Waals surface area contributed by atoms with Gasteiger partial charge < -0.3 is 10.6 Å². The first-order chi connectivity index (χ1) is 14.8. The van der Waals surface area contributed by atoms with Crippen molar-refractivity contribution in [1.82, 2.24) is 5.32 Å². The van der Waals surface area contributed by atoms with Crippen LogP contribution >= 0.6 is 11.6 Å². The third kappa shape index (κ3) is 5.33. The second-order valence-corrected chi connectivity index (χ2v) is 8.49. The van der Waals surface area contributed by atoms with Crippen molar-refractivity contribution in [2.45, 2.75) is 45.2 Å². The normalized spacial score (nSPS) is 21.2. The summed E-state index contributed by atoms with van der Waals surface area (Å²) in [6, 6.07) is 13.2. The highest BCUT2D eigenvalue weighted by Gasteiger charge is 2.37. The zero-order valence-corrected chi connectivity index (χ0v) is 18.2. The first kappa shape index (κ1) is 22.6. The molecule has 31 heavy (non-hydrogen) atoms. The molecule has 0 aliphatic heterocycles. The lowest BCUT2D eigenvalue weighted by atomic mass is 9.88. The van der Waals surface area contributed by atoms with Gasteiger partial charge in [-0.3, -0.25) is 14.9 Å². The second kappa shape index (κ2) is 9.80. The fraction of sp³-hybridized carbons (Fsp3) is 0.391. The molecule has 1 fully saturated rings. The molecule has 0 heterocycles. The summed E-state index contributed by atoms with van der Waals surface area (Å²) in [5.41, 5.74) is 1.14. The van der Waals surface area contributed by atoms with E-state index in [0.717, 1.165) is 19.3 Å². The number of rotatable bonds is 7. The quantitative estimate of drug-likeness (QED) is 0.457. The average molecular weight is 441 g/mol. The van der Waals surface area contributed by atoms with Gasteiger partial charge in [0.1, 0.15) is 5.69 Å². The van der Waals surface area contributed by atoms with Crippen LogP contribution in [-0.2, 0) is 0 Å². The predicted molar refractivity (Wildman–Crippen MR) is 120 cm³/mol. The van der Waals surface area contributed by atoms with Gasteiger partial charge in [0.2, 0.25) is 0 Å². The van der Waals surface area contributed by atoms with Gasteiger partial charge in [0.25, 0.3) is 11.6 Å². The van der Waals surface area contributed by atoms with E-state index in [0.29, 0.717) is 22.2 Å². The lowest BCUT2D eigenvalue weighted by molar-refractivity contribution is -0.384. The molecule has 4 atom stereocenters. The van der Waals surface area contributed by atoms with E-state index in [9.17, 15) is 14.9 Å². The zero-order chi connectivity index (χ0) is 22.5. The Bertz CT molecular complexity index is 1000. The van der Waals surface area contributed by atoms with E-state index >= 15 is 0 Å². The summed E-state index contributed by atoms with van der Waals surface area (Å²) in [5, 5.41) is 27.5. The van der Waals surface area contributed by atoms with E-state index in [4.69, 9.17) is 16.9 Å². The van der Waals surface area contributed by atoms with E-state index in [1.54, 1.807) is 36.4 Å². The molecule has 162 valence electrons. The van der Waals surface area contributed by atoms with Gasteiger partial charge in [-0.15, -0.1) is 0 Å². The number of halogens is 1. The van der Waals surface area contributed by atoms with Crippen molar-refractivity contribution in [3.8, 4) is 6.07 Å². The van der Waals surface area contributed by atoms with Crippen molar-refractivity contribution in [2.24, 2.45) is 11.8 Å². The Morgan fingerprint density at radius 3 is 2.61 bits per heavy atom. The molecule has 0 aromatic heterocycles. The minimum Gasteiger partial charge on any atom is -0.377 e. The average Bonchev–Trinajstić information content (AvgIpc) is 3.12. The van der Waals surface area contributed by atoms with Gasteiger partial charge in [0.15, 0.2) is 0 Å². The molecule has 2 N–H and O–H groups in total. The first-order valence-corrected chi connectivity index (χ1v) is 10.7. The summed E-state index contributed by atoms with van der Waals surface area (Å²) >= 11 is 5.91. The molecular formula is C23H25ClN4O3. The van der Waals surface area contributed by atoms with Gasteiger partial charge in [0.05, 0.1) is 16.6 Å². The molecule has 1 unspecified atom stereocenters. The van der Waals surface area contributed by atoms with Crippen LogP contribution in [0, 0.1) is 33.3 Å². The first-order valence-electron chi connectivity index (χ1n) is 10.3. The van der Waals surface area contributed by atoms with Gasteiger partial charge in [-0.1, -0.05) is 25.4 Å². The molecule has 0 saturated heterocycles. The monoisotopic (exact) mass is 440 g/mol. The molecule has 2 aromatic rings. The van der Waals surface area contributed by atoms with Crippen molar-refractivity contribution in [1.29, 1.82) is 5.26 Å². The Morgan fingerprint density at radius 2 is 2.00 bits per heavy atom. The number of nitrogens with one attached hydrogen (secondary N) is 2. The maximum Gasteiger partial charge on any atom is 0.293 e. The summed E-state index contributed by atoms with van der Waals surface area (Å²) in [4.78, 5) is 23.6. The molecule has 7 nitrogen and oxygen atoms in total. The van der Waals surface area contributed by atoms with Gasteiger partial charge in [-0.2, -0.15) is 5.26 Å². The Hall–Kier alpha value is -3.11. The number of nitrogens with zero attached hydrogens (tertiary/aromatic N) is 2. The van der Waals surface area contributed by atoms with Crippen molar-refractivity contribution >= 4 is 28.9 Å². The van der Waals surface area contributed by atoms with Crippen LogP contribution < -0.4 is 10.6 Å². The van der Waals surface area contributed by atoms with Crippen LogP contribution in [0.25, 0.3) is 0 Å². The number of anilines is 1. The van der Waals surface area contributed by atoms with Gasteiger partial charge in [0, 0.05) is 28.7 Å². The Morgan fingerprint density at radius 1 is 1.29 bits per heavy atom. The SMILES string of the molecule is CCC(NC(=O)c1ccc(Cl)cc1)[C@@H]1C[C@H](Nc2ccc(C#N)cc2[N+](=O)[O-])C[C@@H]1C. The molecule has 2 aromatic carbocycles. The third-order valence-corrected chi connectivity index (χ3v) is 6.26. The van der Waals surface area contributed by atoms with Crippen LogP contribution in [0.4, 0.5) is 11.4 Å². The number of amides is 1. The molecule has 0 spiro atoms. The van der Waals surface area contributed by atoms with Crippen molar-refractivity contribution in [2.75, 3.05) is 5.32 Å². The number of carbonyl (C=O) groups is 1. The topological polar surface area (TPSA) is 108 Å². The molecule has 1 saturated carbocycles. The lowest BCUT2D eigenvalue weighted by Crippen LogP contribution is -2.41. The predicted octanol–water partition coefficient (Wildman–Crippen LogP) is 5.16. The summed E-state index contributed by atoms with van der Waals surface area (Å²) in [6.45, 7) is 4.20. The molecule has 1 aliphatic carbocycles. The minimum absolute atomic E-state index is 0.000860. The fourth-order valence-corrected chi connectivity index (χ4v) is 4.54. The molecular weight excluding hydrogens is 416 g/mol. The van der Waals surface area contributed by atoms with Gasteiger partial charge >= 0.3 is 0 Å². The van der Waals surface area contributed by atoms with Crippen LogP contribution in [0.3, 0.4) is 0 Å². The summed E-state index contributed by atoms with van der Waals surface area (Å²) < 4.78 is 0. The van der Waals surface area contributed by atoms with Crippen LogP contribution in [0.5, 0.6) is 0 Å². The number of nitriles is 1. The van der Waals surface area contributed by atoms with E-state index in [1.807, 2.05) is 13.0 Å². The number of hydrogen-bond acceptors (Lipinski definition) is 5. The highest BCUT2D eigenvalue weighted by molar-refractivity contribution is 6.30. The smallest absolute Gasteiger partial charge is 0.293 e. The summed E-state index contributed by atoms with van der Waals surface area (Å²) in [5.74, 6) is 0.455. The van der Waals surface area contributed by atoms with Crippen LogP contribution in [0.2, 0.25) is 5.02 Å². The Labute approximate surface area is 186 Å². The summed E-state index contributed by atoms with van der Waals surface area (Å²) in [6.07, 6.45) is 2.42. The van der Waals surface area contributed by atoms with Crippen molar-refractivity contribution in [3.05, 3.63) is 68.7 Å². The number of nitro groups is 1. The largest absolute Gasteiger partial charge is 0.377 e. The van der Waals surface area contributed by atoms with Crippen LogP contribution in [0.15, 0.2) is 42.5 Å². The number of hydrogen-bond donors (Lipinski definition) is 2. The molecule has 0 bridgehead atoms. The third-order valence-electron chi connectivity index (χ3n) is 6.01. The summed E-state index contributed by atoms with van der Waals surface area (Å²) in [7, 11) is 0. The van der Waals surface area contributed by atoms with Crippen molar-refractivity contribution < 1.29 is 9.72 Å². The van der Waals surface area contributed by atoms with E-state index in [1.165, 1.54) is 6.07 Å². The standard InChI is InChI=1S/C23H25ClN4O3/c1-3-20(27-23(29)16-5-7-17(24)8-6-16)19-12-18(10-14(19)2)26-21-9-4-15(13-25)11-22(21)28(30)31/h4-9,11,14,18-20,26H,3,10,12H2,1-2H3,(H,27,29)/t14-,18+,19+,20?/m0/s1. The molecule has 8 heteroatoms. The van der Waals surface area contributed by atoms with E-state index < -0.39 is 4.92 Å². The van der Waals surface area contributed by atoms with Crippen LogP contribution in [0.1, 0.15) is 49.0 Å². The number of carbonyl (C=O) groups excluding carboxylic acids is 1. The maximum absolute atomic E-state index is 12.7. The maximum atomic E-state index is 12.7. The molecule has 1 aliphatic rings. The van der Waals surface area contributed by atoms with Gasteiger partial charge in [-0.25, -0.2) is 0 Å². The second-order valence-electron chi connectivity index (χ2n) is 8.05. The Balaban J connectivity index is 1.69.